The second-order valence-corrected chi connectivity index (χ2v) is 24.7. The minimum absolute atomic E-state index is 0.108. The van der Waals surface area contributed by atoms with Crippen molar-refractivity contribution in [3.8, 4) is 40.6 Å². The van der Waals surface area contributed by atoms with E-state index in [9.17, 15) is 9.59 Å². The molecule has 0 bridgehead atoms. The maximum Gasteiger partial charge on any atom is 0.344 e. The van der Waals surface area contributed by atoms with Gasteiger partial charge in [0.05, 0.1) is 39.6 Å². The summed E-state index contributed by atoms with van der Waals surface area (Å²) >= 11 is 0. The molecule has 0 radical (unpaired) electrons. The fourth-order valence-electron chi connectivity index (χ4n) is 8.98. The Balaban J connectivity index is 1.36. The number of esters is 2. The summed E-state index contributed by atoms with van der Waals surface area (Å²) in [5.41, 5.74) is 4.52. The highest BCUT2D eigenvalue weighted by Crippen LogP contribution is 2.41. The Morgan fingerprint density at radius 1 is 0.551 bits per heavy atom. The minimum Gasteiger partial charge on any atom is -0.496 e. The highest BCUT2D eigenvalue weighted by atomic mass is 28.4. The maximum atomic E-state index is 13.3. The molecule has 13 heteroatoms. The second-order valence-electron chi connectivity index (χ2n) is 20.4. The van der Waals surface area contributed by atoms with Crippen molar-refractivity contribution in [2.45, 2.75) is 78.4 Å². The van der Waals surface area contributed by atoms with Crippen LogP contribution in [0.1, 0.15) is 90.8 Å². The van der Waals surface area contributed by atoms with Gasteiger partial charge in [-0.2, -0.15) is 0 Å². The van der Waals surface area contributed by atoms with Crippen molar-refractivity contribution in [1.82, 2.24) is 0 Å². The Hall–Kier alpha value is -7.86. The first-order chi connectivity index (χ1) is 37.6. The zero-order valence-corrected chi connectivity index (χ0v) is 47.1. The van der Waals surface area contributed by atoms with E-state index < -0.39 is 32.5 Å². The van der Waals surface area contributed by atoms with E-state index >= 15 is 0 Å². The first-order valence-electron chi connectivity index (χ1n) is 25.8. The standard InChI is InChI=1S/C65H70O12Si/c1-64(2,3)77-61(66)45-74-59-41-51(60(73-43-49-24-16-11-17-25-49)40-50(59)32-30-47-31-33-58(57(36-47)63(67)70-9)75-46-71-35-34-68-7)37-52-38-54(72-42-48-22-14-10-15-23-48)39-53(62(52)69-8)44-76-78(65(4,5)6,55-26-18-12-19-27-55)56-28-20-13-21-29-56/h10-29,31,33,36,38-41H,34-35,37,42-46H2,1-9H3. The van der Waals surface area contributed by atoms with Crippen LogP contribution < -0.4 is 34.1 Å². The average molecular weight is 1070 g/mol. The summed E-state index contributed by atoms with van der Waals surface area (Å²) in [6.45, 7) is 13.1. The van der Waals surface area contributed by atoms with Crippen molar-refractivity contribution in [2.75, 3.05) is 47.9 Å². The second kappa shape index (κ2) is 27.4. The molecule has 0 amide bonds. The number of hydrogen-bond donors (Lipinski definition) is 0. The lowest BCUT2D eigenvalue weighted by molar-refractivity contribution is -0.157. The smallest absolute Gasteiger partial charge is 0.344 e. The van der Waals surface area contributed by atoms with Crippen LogP contribution in [-0.4, -0.2) is 73.8 Å². The molecule has 0 N–H and O–H groups in total. The van der Waals surface area contributed by atoms with Crippen molar-refractivity contribution in [3.63, 3.8) is 0 Å². The average Bonchev–Trinajstić information content (AvgIpc) is 3.51. The quantitative estimate of drug-likeness (QED) is 0.0188. The van der Waals surface area contributed by atoms with Crippen LogP contribution in [0.15, 0.2) is 164 Å². The fourth-order valence-corrected chi connectivity index (χ4v) is 13.5. The van der Waals surface area contributed by atoms with E-state index in [2.05, 4.69) is 81.1 Å². The molecule has 406 valence electrons. The van der Waals surface area contributed by atoms with Gasteiger partial charge in [0.2, 0.25) is 0 Å². The lowest BCUT2D eigenvalue weighted by Gasteiger charge is -2.43. The maximum absolute atomic E-state index is 13.3. The Morgan fingerprint density at radius 2 is 1.15 bits per heavy atom. The van der Waals surface area contributed by atoms with Crippen LogP contribution in [0.4, 0.5) is 0 Å². The summed E-state index contributed by atoms with van der Waals surface area (Å²) in [6.07, 6.45) is 0.262. The number of methoxy groups -OCH3 is 3. The first kappa shape index (κ1) is 57.8. The molecule has 0 heterocycles. The van der Waals surface area contributed by atoms with Crippen molar-refractivity contribution in [1.29, 1.82) is 0 Å². The number of hydrogen-bond acceptors (Lipinski definition) is 12. The molecule has 0 atom stereocenters. The molecule has 0 saturated heterocycles. The highest BCUT2D eigenvalue weighted by Gasteiger charge is 2.50. The van der Waals surface area contributed by atoms with Crippen LogP contribution in [-0.2, 0) is 54.4 Å². The van der Waals surface area contributed by atoms with Gasteiger partial charge in [0.25, 0.3) is 8.32 Å². The van der Waals surface area contributed by atoms with E-state index in [-0.39, 0.29) is 42.8 Å². The lowest BCUT2D eigenvalue weighted by atomic mass is 9.98. The van der Waals surface area contributed by atoms with E-state index in [0.29, 0.717) is 59.5 Å². The molecule has 0 aliphatic heterocycles. The third-order valence-corrected chi connectivity index (χ3v) is 17.5. The summed E-state index contributed by atoms with van der Waals surface area (Å²) in [5, 5.41) is 2.01. The third-order valence-electron chi connectivity index (χ3n) is 12.5. The van der Waals surface area contributed by atoms with Gasteiger partial charge >= 0.3 is 11.9 Å². The molecular weight excluding hydrogens is 1000 g/mol. The van der Waals surface area contributed by atoms with Crippen LogP contribution in [0.3, 0.4) is 0 Å². The van der Waals surface area contributed by atoms with Crippen LogP contribution in [0.5, 0.6) is 28.7 Å². The zero-order chi connectivity index (χ0) is 55.5. The van der Waals surface area contributed by atoms with Crippen molar-refractivity contribution in [2.24, 2.45) is 0 Å². The molecule has 0 saturated carbocycles. The number of rotatable bonds is 24. The van der Waals surface area contributed by atoms with Gasteiger partial charge in [0.15, 0.2) is 13.4 Å². The van der Waals surface area contributed by atoms with E-state index in [1.807, 2.05) is 91.0 Å². The monoisotopic (exact) mass is 1070 g/mol. The molecule has 7 aromatic rings. The topological polar surface area (TPSA) is 126 Å². The van der Waals surface area contributed by atoms with Gasteiger partial charge in [-0.15, -0.1) is 0 Å². The Bertz CT molecular complexity index is 3080. The Kier molecular flexibility index (Phi) is 20.4. The van der Waals surface area contributed by atoms with Crippen LogP contribution in [0.25, 0.3) is 0 Å². The molecule has 0 aliphatic carbocycles. The van der Waals surface area contributed by atoms with Crippen LogP contribution in [0, 0.1) is 11.8 Å². The summed E-state index contributed by atoms with van der Waals surface area (Å²) < 4.78 is 60.8. The predicted octanol–water partition coefficient (Wildman–Crippen LogP) is 11.4. The number of carbonyl (C=O) groups excluding carboxylic acids is 2. The molecule has 78 heavy (non-hydrogen) atoms. The van der Waals surface area contributed by atoms with Crippen LogP contribution >= 0.6 is 0 Å². The Morgan fingerprint density at radius 3 is 1.73 bits per heavy atom. The lowest BCUT2D eigenvalue weighted by Crippen LogP contribution is -2.66. The zero-order valence-electron chi connectivity index (χ0n) is 46.1. The summed E-state index contributed by atoms with van der Waals surface area (Å²) in [4.78, 5) is 26.3. The SMILES string of the molecule is COCCOCOc1ccc(C#Cc2cc(OCc3ccccc3)c(Cc3cc(OCc4ccccc4)cc(CO[Si](c4ccccc4)(c4ccccc4)C(C)(C)C)c3OC)cc2OCC(=O)OC(C)(C)C)cc1C(=O)OC. The minimum atomic E-state index is -3.02. The molecular formula is C65H70O12Si. The van der Waals surface area contributed by atoms with E-state index in [1.165, 1.54) is 7.11 Å². The van der Waals surface area contributed by atoms with Gasteiger partial charge in [-0.3, -0.25) is 0 Å². The summed E-state index contributed by atoms with van der Waals surface area (Å²) in [6, 6.07) is 53.5. The molecule has 0 spiro atoms. The fraction of sp³-hybridized carbons (Fsp3) is 0.292. The van der Waals surface area contributed by atoms with E-state index in [0.717, 1.165) is 32.6 Å². The normalized spacial score (nSPS) is 11.4. The van der Waals surface area contributed by atoms with Gasteiger partial charge in [-0.1, -0.05) is 154 Å². The van der Waals surface area contributed by atoms with Gasteiger partial charge < -0.3 is 47.1 Å². The first-order valence-corrected chi connectivity index (χ1v) is 27.7. The van der Waals surface area contributed by atoms with Crippen LogP contribution in [0.2, 0.25) is 5.04 Å². The van der Waals surface area contributed by atoms with Crippen molar-refractivity contribution >= 4 is 30.6 Å². The predicted molar refractivity (Wildman–Crippen MR) is 305 cm³/mol. The van der Waals surface area contributed by atoms with Crippen molar-refractivity contribution in [3.05, 3.63) is 208 Å². The number of ether oxygens (including phenoxy) is 9. The van der Waals surface area contributed by atoms with Gasteiger partial charge in [0.1, 0.15) is 53.1 Å². The number of benzene rings is 7. The molecule has 7 aromatic carbocycles. The van der Waals surface area contributed by atoms with Gasteiger partial charge in [-0.25, -0.2) is 9.59 Å². The van der Waals surface area contributed by atoms with Gasteiger partial charge in [0, 0.05) is 35.8 Å². The van der Waals surface area contributed by atoms with E-state index in [4.69, 9.17) is 47.1 Å². The molecule has 0 aromatic heterocycles. The molecule has 12 nitrogen and oxygen atoms in total. The van der Waals surface area contributed by atoms with E-state index in [1.54, 1.807) is 59.3 Å². The molecule has 0 fully saturated rings. The molecule has 0 aliphatic rings. The third kappa shape index (κ3) is 15.6. The molecule has 0 unspecified atom stereocenters. The van der Waals surface area contributed by atoms with Gasteiger partial charge in [-0.05, 0) is 89.8 Å². The largest absolute Gasteiger partial charge is 0.496 e. The summed E-state index contributed by atoms with van der Waals surface area (Å²) in [5.74, 6) is 7.55. The molecule has 7 rings (SSSR count). The van der Waals surface area contributed by atoms with Crippen molar-refractivity contribution < 1.29 is 56.6 Å². The highest BCUT2D eigenvalue weighted by molar-refractivity contribution is 6.99. The number of carbonyl (C=O) groups is 2. The summed E-state index contributed by atoms with van der Waals surface area (Å²) in [7, 11) is 1.51. The Labute approximate surface area is 460 Å².